The number of hydrogen-bond donors (Lipinski definition) is 0. The molecule has 3 rings (SSSR count). The van der Waals surface area contributed by atoms with E-state index in [0.29, 0.717) is 0 Å². The van der Waals surface area contributed by atoms with Crippen LogP contribution >= 0.6 is 0 Å². The minimum Gasteiger partial charge on any atom is -0.497 e. The summed E-state index contributed by atoms with van der Waals surface area (Å²) in [6, 6.07) is 25.8. The summed E-state index contributed by atoms with van der Waals surface area (Å²) >= 11 is 0. The average Bonchev–Trinajstić information content (AvgIpc) is 2.63. The van der Waals surface area contributed by atoms with E-state index in [-0.39, 0.29) is 0 Å². The highest BCUT2D eigenvalue weighted by Gasteiger charge is 2.01. The molecule has 116 valence electrons. The quantitative estimate of drug-likeness (QED) is 0.563. The number of ether oxygens (including phenoxy) is 1. The van der Waals surface area contributed by atoms with E-state index in [1.807, 2.05) is 12.1 Å². The molecule has 1 nitrogen and oxygen atoms in total. The Kier molecular flexibility index (Phi) is 4.77. The van der Waals surface area contributed by atoms with Crippen molar-refractivity contribution in [3.63, 3.8) is 0 Å². The predicted molar refractivity (Wildman–Crippen MR) is 97.9 cm³/mol. The van der Waals surface area contributed by atoms with Crippen LogP contribution in [0.4, 0.5) is 0 Å². The fraction of sp³-hybridized carbons (Fsp3) is 0.182. The van der Waals surface area contributed by atoms with E-state index in [9.17, 15) is 0 Å². The molecule has 0 heterocycles. The van der Waals surface area contributed by atoms with Gasteiger partial charge in [-0.3, -0.25) is 0 Å². The van der Waals surface area contributed by atoms with Gasteiger partial charge in [0.05, 0.1) is 7.11 Å². The Morgan fingerprint density at radius 2 is 1.00 bits per heavy atom. The monoisotopic (exact) mass is 302 g/mol. The van der Waals surface area contributed by atoms with Crippen LogP contribution in [0.2, 0.25) is 0 Å². The molecule has 0 amide bonds. The molecule has 1 heteroatoms. The number of hydrogen-bond acceptors (Lipinski definition) is 1. The molecule has 0 atom stereocenters. The number of methoxy groups -OCH3 is 1. The highest BCUT2D eigenvalue weighted by atomic mass is 16.5. The van der Waals surface area contributed by atoms with Crippen molar-refractivity contribution in [1.29, 1.82) is 0 Å². The Hall–Kier alpha value is -2.54. The molecule has 0 unspecified atom stereocenters. The second-order valence-corrected chi connectivity index (χ2v) is 5.75. The molecule has 0 radical (unpaired) electrons. The van der Waals surface area contributed by atoms with E-state index in [4.69, 9.17) is 4.74 Å². The fourth-order valence-electron chi connectivity index (χ4n) is 2.79. The van der Waals surface area contributed by atoms with E-state index < -0.39 is 0 Å². The molecule has 0 aliphatic heterocycles. The number of rotatable bonds is 5. The lowest BCUT2D eigenvalue weighted by Gasteiger charge is -2.07. The van der Waals surface area contributed by atoms with Crippen LogP contribution in [0.15, 0.2) is 72.8 Å². The van der Waals surface area contributed by atoms with Crippen LogP contribution in [0.1, 0.15) is 18.9 Å². The first kappa shape index (κ1) is 15.4. The van der Waals surface area contributed by atoms with Crippen molar-refractivity contribution >= 4 is 0 Å². The topological polar surface area (TPSA) is 9.23 Å². The first-order chi connectivity index (χ1) is 11.3. The summed E-state index contributed by atoms with van der Waals surface area (Å²) in [5, 5.41) is 0. The van der Waals surface area contributed by atoms with Gasteiger partial charge in [-0.1, -0.05) is 74.0 Å². The number of benzene rings is 3. The molecule has 0 saturated carbocycles. The van der Waals surface area contributed by atoms with Crippen LogP contribution in [-0.4, -0.2) is 7.11 Å². The van der Waals surface area contributed by atoms with Gasteiger partial charge in [-0.2, -0.15) is 0 Å². The molecular weight excluding hydrogens is 280 g/mol. The maximum atomic E-state index is 5.21. The molecule has 3 aromatic rings. The van der Waals surface area contributed by atoms with Gasteiger partial charge in [0.15, 0.2) is 0 Å². The third-order valence-electron chi connectivity index (χ3n) is 4.13. The molecule has 0 aliphatic carbocycles. The van der Waals surface area contributed by atoms with Crippen molar-refractivity contribution < 1.29 is 4.74 Å². The summed E-state index contributed by atoms with van der Waals surface area (Å²) in [4.78, 5) is 0. The van der Waals surface area contributed by atoms with Crippen LogP contribution in [0.3, 0.4) is 0 Å². The summed E-state index contributed by atoms with van der Waals surface area (Å²) in [6.07, 6.45) is 2.34. The third kappa shape index (κ3) is 3.62. The van der Waals surface area contributed by atoms with Crippen molar-refractivity contribution in [1.82, 2.24) is 0 Å². The minimum absolute atomic E-state index is 0.887. The normalized spacial score (nSPS) is 10.5. The molecule has 0 aromatic heterocycles. The van der Waals surface area contributed by atoms with Gasteiger partial charge in [-0.15, -0.1) is 0 Å². The maximum absolute atomic E-state index is 5.21. The van der Waals surface area contributed by atoms with Gasteiger partial charge in [0.2, 0.25) is 0 Å². The Labute approximate surface area is 138 Å². The van der Waals surface area contributed by atoms with Crippen molar-refractivity contribution in [2.75, 3.05) is 7.11 Å². The zero-order valence-electron chi connectivity index (χ0n) is 13.8. The van der Waals surface area contributed by atoms with Gasteiger partial charge < -0.3 is 4.74 Å². The lowest BCUT2D eigenvalue weighted by atomic mass is 9.99. The van der Waals surface area contributed by atoms with Gasteiger partial charge in [-0.05, 0) is 46.4 Å². The zero-order chi connectivity index (χ0) is 16.1. The van der Waals surface area contributed by atoms with Crippen LogP contribution in [0.5, 0.6) is 5.75 Å². The van der Waals surface area contributed by atoms with Crippen molar-refractivity contribution in [2.45, 2.75) is 19.8 Å². The Bertz CT molecular complexity index is 737. The van der Waals surface area contributed by atoms with Crippen LogP contribution in [-0.2, 0) is 6.42 Å². The molecule has 0 saturated heterocycles. The minimum atomic E-state index is 0.887. The lowest BCUT2D eigenvalue weighted by Crippen LogP contribution is -1.85. The molecule has 0 N–H and O–H groups in total. The summed E-state index contributed by atoms with van der Waals surface area (Å²) in [5.74, 6) is 0.887. The van der Waals surface area contributed by atoms with Gasteiger partial charge >= 0.3 is 0 Å². The van der Waals surface area contributed by atoms with Crippen molar-refractivity contribution in [3.05, 3.63) is 78.4 Å². The van der Waals surface area contributed by atoms with Crippen LogP contribution in [0.25, 0.3) is 22.3 Å². The Balaban J connectivity index is 1.80. The first-order valence-corrected chi connectivity index (χ1v) is 8.14. The third-order valence-corrected chi connectivity index (χ3v) is 4.13. The highest BCUT2D eigenvalue weighted by Crippen LogP contribution is 2.26. The van der Waals surface area contributed by atoms with E-state index in [2.05, 4.69) is 67.6 Å². The second kappa shape index (κ2) is 7.15. The molecule has 3 aromatic carbocycles. The zero-order valence-corrected chi connectivity index (χ0v) is 13.8. The second-order valence-electron chi connectivity index (χ2n) is 5.75. The van der Waals surface area contributed by atoms with Crippen LogP contribution < -0.4 is 4.74 Å². The van der Waals surface area contributed by atoms with E-state index in [1.165, 1.54) is 34.2 Å². The number of aryl methyl sites for hydroxylation is 1. The summed E-state index contributed by atoms with van der Waals surface area (Å²) in [6.45, 7) is 2.21. The standard InChI is InChI=1S/C22H22O/c1-3-4-17-5-7-18(8-6-17)19-9-11-20(12-10-19)21-13-15-22(23-2)16-14-21/h5-16H,3-4H2,1-2H3. The Morgan fingerprint density at radius 1 is 0.609 bits per heavy atom. The molecule has 0 aliphatic rings. The van der Waals surface area contributed by atoms with Crippen LogP contribution in [0, 0.1) is 0 Å². The first-order valence-electron chi connectivity index (χ1n) is 8.14. The molecule has 0 spiro atoms. The fourth-order valence-corrected chi connectivity index (χ4v) is 2.79. The Morgan fingerprint density at radius 3 is 1.39 bits per heavy atom. The SMILES string of the molecule is CCCc1ccc(-c2ccc(-c3ccc(OC)cc3)cc2)cc1. The summed E-state index contributed by atoms with van der Waals surface area (Å²) < 4.78 is 5.21. The summed E-state index contributed by atoms with van der Waals surface area (Å²) in [7, 11) is 1.69. The molecule has 0 fully saturated rings. The molecule has 23 heavy (non-hydrogen) atoms. The van der Waals surface area contributed by atoms with E-state index >= 15 is 0 Å². The van der Waals surface area contributed by atoms with Gasteiger partial charge in [0, 0.05) is 0 Å². The highest BCUT2D eigenvalue weighted by molar-refractivity contribution is 5.70. The largest absolute Gasteiger partial charge is 0.497 e. The van der Waals surface area contributed by atoms with E-state index in [0.717, 1.165) is 12.2 Å². The molecular formula is C22H22O. The van der Waals surface area contributed by atoms with Crippen molar-refractivity contribution in [3.8, 4) is 28.0 Å². The van der Waals surface area contributed by atoms with E-state index in [1.54, 1.807) is 7.11 Å². The predicted octanol–water partition coefficient (Wildman–Crippen LogP) is 5.98. The van der Waals surface area contributed by atoms with Crippen molar-refractivity contribution in [2.24, 2.45) is 0 Å². The van der Waals surface area contributed by atoms with Gasteiger partial charge in [0.25, 0.3) is 0 Å². The average molecular weight is 302 g/mol. The maximum Gasteiger partial charge on any atom is 0.118 e. The van der Waals surface area contributed by atoms with Gasteiger partial charge in [-0.25, -0.2) is 0 Å². The lowest BCUT2D eigenvalue weighted by molar-refractivity contribution is 0.415. The summed E-state index contributed by atoms with van der Waals surface area (Å²) in [5.41, 5.74) is 6.36. The smallest absolute Gasteiger partial charge is 0.118 e. The van der Waals surface area contributed by atoms with Gasteiger partial charge in [0.1, 0.15) is 5.75 Å². The molecule has 0 bridgehead atoms.